The molecule has 0 saturated heterocycles. The molecule has 0 saturated carbocycles. The van der Waals surface area contributed by atoms with Gasteiger partial charge in [-0.2, -0.15) is 8.42 Å². The Morgan fingerprint density at radius 1 is 1.33 bits per heavy atom. The van der Waals surface area contributed by atoms with Crippen LogP contribution in [0.4, 0.5) is 0 Å². The van der Waals surface area contributed by atoms with Crippen molar-refractivity contribution in [3.63, 3.8) is 0 Å². The number of hydrogen-bond acceptors (Lipinski definition) is 5. The molecule has 0 fully saturated rings. The standard InChI is InChI=1S/C7H16O3S.C4H6O2.H3N/c1-5-7(3,4)11(8,9)10-6-2;1-3(2)4(5)6;/h5-6H2,1-4H3;1H2,2H3,(H,5,6);1H3. The molecule has 18 heavy (non-hydrogen) atoms. The van der Waals surface area contributed by atoms with E-state index in [1.807, 2.05) is 6.92 Å². The third-order valence-corrected chi connectivity index (χ3v) is 4.35. The van der Waals surface area contributed by atoms with E-state index in [-0.39, 0.29) is 18.3 Å². The van der Waals surface area contributed by atoms with Gasteiger partial charge in [0.2, 0.25) is 0 Å². The molecule has 0 radical (unpaired) electrons. The van der Waals surface area contributed by atoms with Gasteiger partial charge in [-0.15, -0.1) is 0 Å². The molecule has 4 N–H and O–H groups in total. The van der Waals surface area contributed by atoms with E-state index in [0.717, 1.165) is 0 Å². The molecule has 0 aliphatic rings. The van der Waals surface area contributed by atoms with Crippen LogP contribution in [0.15, 0.2) is 12.2 Å². The van der Waals surface area contributed by atoms with E-state index < -0.39 is 20.8 Å². The number of rotatable bonds is 5. The normalized spacial score (nSPS) is 10.7. The lowest BCUT2D eigenvalue weighted by Gasteiger charge is -2.21. The van der Waals surface area contributed by atoms with E-state index in [1.54, 1.807) is 20.8 Å². The van der Waals surface area contributed by atoms with Crippen molar-refractivity contribution in [2.75, 3.05) is 6.61 Å². The van der Waals surface area contributed by atoms with Gasteiger partial charge in [-0.25, -0.2) is 4.79 Å². The third kappa shape index (κ3) is 8.21. The summed E-state index contributed by atoms with van der Waals surface area (Å²) in [5.74, 6) is -0.935. The zero-order chi connectivity index (χ0) is 14.3. The average molecular weight is 283 g/mol. The molecule has 110 valence electrons. The molecule has 0 aromatic carbocycles. The summed E-state index contributed by atoms with van der Waals surface area (Å²) in [5.41, 5.74) is 0.176. The lowest BCUT2D eigenvalue weighted by atomic mass is 10.1. The number of aliphatic carboxylic acids is 1. The summed E-state index contributed by atoms with van der Waals surface area (Å²) in [6.45, 7) is 11.6. The van der Waals surface area contributed by atoms with Crippen molar-refractivity contribution in [2.45, 2.75) is 45.8 Å². The first-order chi connectivity index (χ1) is 7.51. The van der Waals surface area contributed by atoms with E-state index in [4.69, 9.17) is 5.11 Å². The van der Waals surface area contributed by atoms with Crippen LogP contribution < -0.4 is 6.15 Å². The summed E-state index contributed by atoms with van der Waals surface area (Å²) in [7, 11) is -3.36. The second-order valence-corrected chi connectivity index (χ2v) is 6.31. The molecule has 0 spiro atoms. The van der Waals surface area contributed by atoms with E-state index in [2.05, 4.69) is 10.8 Å². The van der Waals surface area contributed by atoms with Crippen LogP contribution in [0.3, 0.4) is 0 Å². The Hall–Kier alpha value is -0.920. The highest BCUT2D eigenvalue weighted by molar-refractivity contribution is 7.88. The van der Waals surface area contributed by atoms with Gasteiger partial charge in [0.25, 0.3) is 10.1 Å². The molecule has 0 rings (SSSR count). The van der Waals surface area contributed by atoms with Crippen molar-refractivity contribution in [1.29, 1.82) is 0 Å². The molecule has 0 aliphatic carbocycles. The SMILES string of the molecule is C=C(C)C(=O)O.CCOS(=O)(=O)C(C)(C)CC.N. The Balaban J connectivity index is -0.000000277. The van der Waals surface area contributed by atoms with Gasteiger partial charge >= 0.3 is 5.97 Å². The Labute approximate surface area is 110 Å². The molecular weight excluding hydrogens is 258 g/mol. The minimum Gasteiger partial charge on any atom is -0.478 e. The first-order valence-electron chi connectivity index (χ1n) is 5.29. The summed E-state index contributed by atoms with van der Waals surface area (Å²) in [5, 5.41) is 7.89. The highest BCUT2D eigenvalue weighted by atomic mass is 32.2. The van der Waals surface area contributed by atoms with Gasteiger partial charge in [0.15, 0.2) is 0 Å². The van der Waals surface area contributed by atoms with Gasteiger partial charge in [-0.05, 0) is 34.1 Å². The summed E-state index contributed by atoms with van der Waals surface area (Å²) < 4.78 is 26.4. The van der Waals surface area contributed by atoms with Crippen molar-refractivity contribution in [1.82, 2.24) is 6.15 Å². The first kappa shape index (κ1) is 22.3. The van der Waals surface area contributed by atoms with Gasteiger partial charge in [0, 0.05) is 5.57 Å². The van der Waals surface area contributed by atoms with Crippen LogP contribution in [0.5, 0.6) is 0 Å². The number of hydrogen-bond donors (Lipinski definition) is 2. The van der Waals surface area contributed by atoms with Gasteiger partial charge in [0.05, 0.1) is 11.4 Å². The molecule has 0 amide bonds. The predicted octanol–water partition coefficient (Wildman–Crippen LogP) is 2.35. The van der Waals surface area contributed by atoms with Gasteiger partial charge in [-0.3, -0.25) is 4.18 Å². The van der Waals surface area contributed by atoms with Crippen molar-refractivity contribution in [2.24, 2.45) is 0 Å². The van der Waals surface area contributed by atoms with E-state index in [9.17, 15) is 13.2 Å². The zero-order valence-electron chi connectivity index (χ0n) is 11.8. The highest BCUT2D eigenvalue weighted by Gasteiger charge is 2.32. The van der Waals surface area contributed by atoms with Crippen LogP contribution in [-0.2, 0) is 19.1 Å². The summed E-state index contributed by atoms with van der Waals surface area (Å²) in [6.07, 6.45) is 0.565. The highest BCUT2D eigenvalue weighted by Crippen LogP contribution is 2.21. The lowest BCUT2D eigenvalue weighted by Crippen LogP contribution is -2.32. The number of carboxylic acids is 1. The van der Waals surface area contributed by atoms with Crippen LogP contribution in [0, 0.1) is 0 Å². The fourth-order valence-electron chi connectivity index (χ4n) is 0.491. The van der Waals surface area contributed by atoms with Gasteiger partial charge in [0.1, 0.15) is 0 Å². The quantitative estimate of drug-likeness (QED) is 0.591. The molecule has 0 aromatic rings. The van der Waals surface area contributed by atoms with Crippen molar-refractivity contribution in [3.8, 4) is 0 Å². The maximum absolute atomic E-state index is 11.3. The minimum absolute atomic E-state index is 0. The van der Waals surface area contributed by atoms with E-state index in [0.29, 0.717) is 6.42 Å². The van der Waals surface area contributed by atoms with Gasteiger partial charge in [-0.1, -0.05) is 13.5 Å². The molecule has 6 nitrogen and oxygen atoms in total. The molecule has 0 aromatic heterocycles. The molecule has 0 heterocycles. The Bertz CT molecular complexity index is 348. The Morgan fingerprint density at radius 3 is 1.83 bits per heavy atom. The minimum atomic E-state index is -3.36. The summed E-state index contributed by atoms with van der Waals surface area (Å²) in [6, 6.07) is 0. The van der Waals surface area contributed by atoms with E-state index in [1.165, 1.54) is 6.92 Å². The number of carbonyl (C=O) groups is 1. The fraction of sp³-hybridized carbons (Fsp3) is 0.727. The van der Waals surface area contributed by atoms with Crippen molar-refractivity contribution < 1.29 is 22.5 Å². The number of carboxylic acid groups (broad SMARTS) is 1. The molecule has 0 aliphatic heterocycles. The van der Waals surface area contributed by atoms with Crippen LogP contribution in [0.25, 0.3) is 0 Å². The van der Waals surface area contributed by atoms with E-state index >= 15 is 0 Å². The summed E-state index contributed by atoms with van der Waals surface area (Å²) in [4.78, 5) is 9.60. The maximum atomic E-state index is 11.3. The molecule has 7 heteroatoms. The smallest absolute Gasteiger partial charge is 0.330 e. The zero-order valence-corrected chi connectivity index (χ0v) is 12.6. The van der Waals surface area contributed by atoms with Crippen LogP contribution in [0.2, 0.25) is 0 Å². The third-order valence-electron chi connectivity index (χ3n) is 2.17. The Morgan fingerprint density at radius 2 is 1.67 bits per heavy atom. The second kappa shape index (κ2) is 9.07. The molecule has 0 unspecified atom stereocenters. The lowest BCUT2D eigenvalue weighted by molar-refractivity contribution is -0.132. The second-order valence-electron chi connectivity index (χ2n) is 4.06. The first-order valence-corrected chi connectivity index (χ1v) is 6.70. The van der Waals surface area contributed by atoms with Crippen molar-refractivity contribution >= 4 is 16.1 Å². The fourth-order valence-corrected chi connectivity index (χ4v) is 1.47. The molecular formula is C11H25NO5S. The predicted molar refractivity (Wildman–Crippen MR) is 72.4 cm³/mol. The van der Waals surface area contributed by atoms with Gasteiger partial charge < -0.3 is 11.3 Å². The average Bonchev–Trinajstić information content (AvgIpc) is 2.18. The van der Waals surface area contributed by atoms with Crippen LogP contribution in [0.1, 0.15) is 41.0 Å². The largest absolute Gasteiger partial charge is 0.478 e. The molecule has 0 atom stereocenters. The van der Waals surface area contributed by atoms with Crippen LogP contribution in [-0.4, -0.2) is 30.8 Å². The van der Waals surface area contributed by atoms with Crippen LogP contribution >= 0.6 is 0 Å². The maximum Gasteiger partial charge on any atom is 0.330 e. The topological polar surface area (TPSA) is 116 Å². The Kier molecular flexibility index (Phi) is 11.2. The van der Waals surface area contributed by atoms with Crippen molar-refractivity contribution in [3.05, 3.63) is 12.2 Å². The monoisotopic (exact) mass is 283 g/mol. The summed E-state index contributed by atoms with van der Waals surface area (Å²) >= 11 is 0. The molecule has 0 bridgehead atoms.